The van der Waals surface area contributed by atoms with Gasteiger partial charge in [0.1, 0.15) is 0 Å². The zero-order valence-electron chi connectivity index (χ0n) is 21.0. The fourth-order valence-electron chi connectivity index (χ4n) is 3.41. The third kappa shape index (κ3) is 7.28. The Kier molecular flexibility index (Phi) is 12.1. The normalized spacial score (nSPS) is 13.3. The van der Waals surface area contributed by atoms with Gasteiger partial charge in [0.2, 0.25) is 18.0 Å². The number of nitrogens with zero attached hydrogens (tertiary/aromatic N) is 4. The molecular weight excluding hydrogens is 614 g/mol. The van der Waals surface area contributed by atoms with Gasteiger partial charge >= 0.3 is 5.97 Å². The Morgan fingerprint density at radius 2 is 1.08 bits per heavy atom. The van der Waals surface area contributed by atoms with Crippen LogP contribution >= 0.6 is 71.7 Å². The van der Waals surface area contributed by atoms with E-state index in [4.69, 9.17) is 46.4 Å². The van der Waals surface area contributed by atoms with E-state index in [1.807, 2.05) is 0 Å². The molecule has 0 saturated carbocycles. The number of benzene rings is 2. The van der Waals surface area contributed by atoms with Crippen LogP contribution in [0.3, 0.4) is 0 Å². The van der Waals surface area contributed by atoms with Gasteiger partial charge in [-0.15, -0.1) is 0 Å². The summed E-state index contributed by atoms with van der Waals surface area (Å²) in [7, 11) is 2.98. The highest BCUT2D eigenvalue weighted by molar-refractivity contribution is 7.80. The van der Waals surface area contributed by atoms with Crippen molar-refractivity contribution in [1.29, 1.82) is 0 Å². The number of hydrogen-bond donors (Lipinski definition) is 3. The Morgan fingerprint density at radius 3 is 1.34 bits per heavy atom. The smallest absolute Gasteiger partial charge is 0.351 e. The Morgan fingerprint density at radius 1 is 0.737 bits per heavy atom. The fraction of sp³-hybridized carbons (Fsp3) is 0.375. The summed E-state index contributed by atoms with van der Waals surface area (Å²) in [6.07, 6.45) is -1.83. The molecule has 0 radical (unpaired) electrons. The lowest BCUT2D eigenvalue weighted by molar-refractivity contribution is -0.167. The summed E-state index contributed by atoms with van der Waals surface area (Å²) in [5.74, 6) is -3.83. The summed E-state index contributed by atoms with van der Waals surface area (Å²) in [6.45, 7) is 3.21. The van der Waals surface area contributed by atoms with Crippen molar-refractivity contribution in [3.63, 3.8) is 0 Å². The summed E-state index contributed by atoms with van der Waals surface area (Å²) in [5, 5.41) is 16.1. The summed E-state index contributed by atoms with van der Waals surface area (Å²) in [4.78, 5) is 40.4. The second kappa shape index (κ2) is 14.1. The molecule has 2 unspecified atom stereocenters. The molecule has 0 saturated heterocycles. The highest BCUT2D eigenvalue weighted by Gasteiger charge is 2.44. The molecule has 0 aromatic heterocycles. The van der Waals surface area contributed by atoms with Crippen LogP contribution in [0.25, 0.3) is 0 Å². The van der Waals surface area contributed by atoms with Crippen molar-refractivity contribution >= 4 is 101 Å². The van der Waals surface area contributed by atoms with Crippen LogP contribution < -0.4 is 10.0 Å². The third-order valence-electron chi connectivity index (χ3n) is 5.73. The summed E-state index contributed by atoms with van der Waals surface area (Å²) >= 11 is 33.0. The molecule has 2 amide bonds. The van der Waals surface area contributed by atoms with Crippen molar-refractivity contribution in [1.82, 2.24) is 10.0 Å². The van der Waals surface area contributed by atoms with Crippen molar-refractivity contribution in [2.45, 2.75) is 20.0 Å². The highest BCUT2D eigenvalue weighted by atomic mass is 35.5. The average molecular weight is 642 g/mol. The SMILES string of the molecule is CC(CS)C(=O)N(C(C(=O)O)N(C(=O)C(C)CS)N(C)c1ccc(Cl)c(Cl)c1)N(C)c1ccc(Cl)c(Cl)c1. The lowest BCUT2D eigenvalue weighted by atomic mass is 10.1. The van der Waals surface area contributed by atoms with Gasteiger partial charge in [0.25, 0.3) is 0 Å². The maximum atomic E-state index is 13.7. The first kappa shape index (κ1) is 32.5. The molecule has 0 spiro atoms. The van der Waals surface area contributed by atoms with Crippen molar-refractivity contribution in [3.05, 3.63) is 56.5 Å². The fourth-order valence-corrected chi connectivity index (χ4v) is 4.30. The van der Waals surface area contributed by atoms with Crippen molar-refractivity contribution in [2.24, 2.45) is 11.8 Å². The first-order valence-corrected chi connectivity index (χ1v) is 14.0. The predicted molar refractivity (Wildman–Crippen MR) is 161 cm³/mol. The summed E-state index contributed by atoms with van der Waals surface area (Å²) in [6, 6.07) is 9.15. The molecule has 0 aliphatic heterocycles. The van der Waals surface area contributed by atoms with Crippen LogP contribution in [0.2, 0.25) is 20.1 Å². The van der Waals surface area contributed by atoms with E-state index in [1.54, 1.807) is 26.0 Å². The monoisotopic (exact) mass is 640 g/mol. The van der Waals surface area contributed by atoms with Crippen molar-refractivity contribution < 1.29 is 19.5 Å². The summed E-state index contributed by atoms with van der Waals surface area (Å²) in [5.41, 5.74) is 0.717. The molecule has 2 rings (SSSR count). The number of carbonyl (C=O) groups is 3. The van der Waals surface area contributed by atoms with Gasteiger partial charge in [-0.2, -0.15) is 25.3 Å². The van der Waals surface area contributed by atoms with E-state index >= 15 is 0 Å². The zero-order valence-corrected chi connectivity index (χ0v) is 25.8. The molecule has 2 atom stereocenters. The Bertz CT molecular complexity index is 1110. The number of aliphatic carboxylic acids is 1. The van der Waals surface area contributed by atoms with Gasteiger partial charge < -0.3 is 5.11 Å². The molecule has 0 bridgehead atoms. The van der Waals surface area contributed by atoms with Gasteiger partial charge in [-0.05, 0) is 36.4 Å². The minimum Gasteiger partial charge on any atom is -0.478 e. The van der Waals surface area contributed by atoms with E-state index in [9.17, 15) is 19.5 Å². The number of rotatable bonds is 11. The van der Waals surface area contributed by atoms with Crippen LogP contribution in [0, 0.1) is 11.8 Å². The minimum atomic E-state index is -1.83. The number of hydrogen-bond acceptors (Lipinski definition) is 7. The second-order valence-electron chi connectivity index (χ2n) is 8.49. The number of carboxylic acid groups (broad SMARTS) is 1. The lowest BCUT2D eigenvalue weighted by Gasteiger charge is -2.46. The topological polar surface area (TPSA) is 84.4 Å². The number of carboxylic acids is 1. The Balaban J connectivity index is 2.79. The molecule has 0 aliphatic carbocycles. The molecule has 0 aliphatic rings. The van der Waals surface area contributed by atoms with E-state index in [2.05, 4.69) is 25.3 Å². The van der Waals surface area contributed by atoms with E-state index < -0.39 is 35.8 Å². The first-order valence-electron chi connectivity index (χ1n) is 11.2. The standard InChI is InChI=1S/C24H28Cl4N4O4S2/c1-13(11-37)22(33)31(29(3)15-5-7-17(25)19(27)9-15)21(24(35)36)32(23(34)14(2)12-38)30(4)16-6-8-18(26)20(28)10-16/h5-10,13-14,21,37-38H,11-12H2,1-4H3,(H,35,36). The molecule has 38 heavy (non-hydrogen) atoms. The number of thiol groups is 2. The van der Waals surface area contributed by atoms with Gasteiger partial charge in [-0.1, -0.05) is 60.3 Å². The highest BCUT2D eigenvalue weighted by Crippen LogP contribution is 2.32. The number of halogens is 4. The quantitative estimate of drug-likeness (QED) is 0.161. The predicted octanol–water partition coefficient (Wildman–Crippen LogP) is 5.90. The number of carbonyl (C=O) groups excluding carboxylic acids is 2. The minimum absolute atomic E-state index is 0.126. The van der Waals surface area contributed by atoms with Crippen LogP contribution in [0.4, 0.5) is 11.4 Å². The van der Waals surface area contributed by atoms with Crippen molar-refractivity contribution in [2.75, 3.05) is 35.6 Å². The van der Waals surface area contributed by atoms with Crippen LogP contribution in [0.15, 0.2) is 36.4 Å². The average Bonchev–Trinajstić information content (AvgIpc) is 2.89. The summed E-state index contributed by atoms with van der Waals surface area (Å²) < 4.78 is 0. The first-order chi connectivity index (χ1) is 17.8. The molecule has 8 nitrogen and oxygen atoms in total. The van der Waals surface area contributed by atoms with Gasteiger partial charge in [0.15, 0.2) is 0 Å². The van der Waals surface area contributed by atoms with Crippen LogP contribution in [0.5, 0.6) is 0 Å². The molecular formula is C24H28Cl4N4O4S2. The number of amides is 2. The molecule has 208 valence electrons. The van der Waals surface area contributed by atoms with Crippen LogP contribution in [0.1, 0.15) is 13.8 Å². The van der Waals surface area contributed by atoms with E-state index in [-0.39, 0.29) is 31.6 Å². The Labute approximate surface area is 253 Å². The Hall–Kier alpha value is -1.69. The zero-order chi connectivity index (χ0) is 28.9. The third-order valence-corrected chi connectivity index (χ3v) is 8.30. The molecule has 14 heteroatoms. The number of hydrazine groups is 2. The van der Waals surface area contributed by atoms with Gasteiger partial charge in [-0.3, -0.25) is 19.6 Å². The van der Waals surface area contributed by atoms with Crippen LogP contribution in [-0.4, -0.2) is 64.7 Å². The number of anilines is 2. The van der Waals surface area contributed by atoms with Gasteiger partial charge in [0, 0.05) is 37.4 Å². The molecule has 2 aromatic carbocycles. The maximum Gasteiger partial charge on any atom is 0.351 e. The molecule has 1 N–H and O–H groups in total. The molecule has 2 aromatic rings. The van der Waals surface area contributed by atoms with Gasteiger partial charge in [-0.25, -0.2) is 14.8 Å². The molecule has 0 fully saturated rings. The van der Waals surface area contributed by atoms with Crippen molar-refractivity contribution in [3.8, 4) is 0 Å². The molecule has 0 heterocycles. The largest absolute Gasteiger partial charge is 0.478 e. The lowest BCUT2D eigenvalue weighted by Crippen LogP contribution is -2.67. The van der Waals surface area contributed by atoms with E-state index in [1.165, 1.54) is 48.4 Å². The maximum absolute atomic E-state index is 13.7. The van der Waals surface area contributed by atoms with E-state index in [0.717, 1.165) is 10.0 Å². The van der Waals surface area contributed by atoms with E-state index in [0.29, 0.717) is 11.4 Å². The van der Waals surface area contributed by atoms with Gasteiger partial charge in [0.05, 0.1) is 31.5 Å². The second-order valence-corrected chi connectivity index (χ2v) is 10.8. The van der Waals surface area contributed by atoms with Crippen LogP contribution in [-0.2, 0) is 14.4 Å².